The number of hydrogen-bond acceptors (Lipinski definition) is 3. The smallest absolute Gasteiger partial charge is 0.168 e. The van der Waals surface area contributed by atoms with Crippen molar-refractivity contribution < 1.29 is 4.74 Å². The molecule has 1 N–H and O–H groups in total. The van der Waals surface area contributed by atoms with E-state index in [2.05, 4.69) is 24.1 Å². The molecule has 0 amide bonds. The van der Waals surface area contributed by atoms with Gasteiger partial charge in [0.05, 0.1) is 7.11 Å². The quantitative estimate of drug-likeness (QED) is 0.779. The molecule has 0 bridgehead atoms. The molecule has 0 aliphatic rings. The van der Waals surface area contributed by atoms with Gasteiger partial charge in [-0.1, -0.05) is 13.8 Å². The Kier molecular flexibility index (Phi) is 5.39. The molecule has 90 valence electrons. The molecule has 1 atom stereocenters. The van der Waals surface area contributed by atoms with E-state index in [9.17, 15) is 0 Å². The Morgan fingerprint density at radius 1 is 1.50 bits per heavy atom. The highest BCUT2D eigenvalue weighted by Crippen LogP contribution is 2.23. The first-order chi connectivity index (χ1) is 7.69. The van der Waals surface area contributed by atoms with Gasteiger partial charge in [-0.2, -0.15) is 0 Å². The maximum atomic E-state index is 5.79. The van der Waals surface area contributed by atoms with Crippen LogP contribution in [-0.4, -0.2) is 24.0 Å². The van der Waals surface area contributed by atoms with E-state index in [1.807, 2.05) is 12.1 Å². The number of anilines is 1. The lowest BCUT2D eigenvalue weighted by Gasteiger charge is -2.22. The largest absolute Gasteiger partial charge is 0.493 e. The van der Waals surface area contributed by atoms with E-state index >= 15 is 0 Å². The van der Waals surface area contributed by atoms with E-state index in [-0.39, 0.29) is 0 Å². The number of halogens is 1. The van der Waals surface area contributed by atoms with Gasteiger partial charge < -0.3 is 10.1 Å². The minimum atomic E-state index is 0.321. The van der Waals surface area contributed by atoms with Gasteiger partial charge in [0.25, 0.3) is 0 Å². The molecule has 1 unspecified atom stereocenters. The number of nitrogens with zero attached hydrogens (tertiary/aromatic N) is 1. The number of alkyl halides is 1. The van der Waals surface area contributed by atoms with Crippen LogP contribution in [0.15, 0.2) is 18.3 Å². The Labute approximate surface area is 102 Å². The lowest BCUT2D eigenvalue weighted by Crippen LogP contribution is -2.26. The van der Waals surface area contributed by atoms with Crippen LogP contribution in [0, 0.1) is 5.92 Å². The number of aromatic nitrogens is 1. The first kappa shape index (κ1) is 13.1. The molecule has 16 heavy (non-hydrogen) atoms. The molecule has 1 aromatic rings. The fourth-order valence-corrected chi connectivity index (χ4v) is 1.76. The van der Waals surface area contributed by atoms with Crippen LogP contribution in [0.2, 0.25) is 0 Å². The molecular formula is C12H19ClN2O. The highest BCUT2D eigenvalue weighted by molar-refractivity contribution is 6.17. The van der Waals surface area contributed by atoms with Gasteiger partial charge in [0.2, 0.25) is 0 Å². The molecule has 0 aliphatic carbocycles. The molecular weight excluding hydrogens is 224 g/mol. The molecule has 1 rings (SSSR count). The zero-order valence-electron chi connectivity index (χ0n) is 10.0. The Morgan fingerprint density at radius 3 is 2.81 bits per heavy atom. The lowest BCUT2D eigenvalue weighted by molar-refractivity contribution is 0.412. The van der Waals surface area contributed by atoms with Crippen molar-refractivity contribution >= 4 is 17.4 Å². The van der Waals surface area contributed by atoms with Gasteiger partial charge >= 0.3 is 0 Å². The lowest BCUT2D eigenvalue weighted by atomic mass is 10.0. The van der Waals surface area contributed by atoms with Crippen LogP contribution in [0.3, 0.4) is 0 Å². The minimum absolute atomic E-state index is 0.321. The van der Waals surface area contributed by atoms with E-state index in [4.69, 9.17) is 16.3 Å². The fraction of sp³-hybridized carbons (Fsp3) is 0.583. The second-order valence-corrected chi connectivity index (χ2v) is 4.40. The first-order valence-corrected chi connectivity index (χ1v) is 6.04. The van der Waals surface area contributed by atoms with Crippen LogP contribution in [0.4, 0.5) is 5.82 Å². The molecule has 0 saturated heterocycles. The summed E-state index contributed by atoms with van der Waals surface area (Å²) in [5, 5.41) is 3.38. The number of ether oxygens (including phenoxy) is 1. The third kappa shape index (κ3) is 3.56. The summed E-state index contributed by atoms with van der Waals surface area (Å²) in [6.45, 7) is 4.33. The normalized spacial score (nSPS) is 12.6. The van der Waals surface area contributed by atoms with Crippen LogP contribution in [-0.2, 0) is 0 Å². The molecule has 0 fully saturated rings. The Bertz CT molecular complexity index is 318. The predicted octanol–water partition coefficient (Wildman–Crippen LogP) is 3.16. The molecule has 0 aliphatic heterocycles. The van der Waals surface area contributed by atoms with Crippen molar-refractivity contribution in [1.29, 1.82) is 0 Å². The van der Waals surface area contributed by atoms with Crippen molar-refractivity contribution in [3.05, 3.63) is 18.3 Å². The second kappa shape index (κ2) is 6.59. The maximum Gasteiger partial charge on any atom is 0.168 e. The number of pyridine rings is 1. The third-order valence-electron chi connectivity index (χ3n) is 2.54. The van der Waals surface area contributed by atoms with Crippen LogP contribution in [0.25, 0.3) is 0 Å². The standard InChI is InChI=1S/C12H19ClN2O/c1-9(2)10(6-7-13)15-12-11(16-3)5-4-8-14-12/h4-5,8-10H,6-7H2,1-3H3,(H,14,15). The van der Waals surface area contributed by atoms with Crippen molar-refractivity contribution in [3.63, 3.8) is 0 Å². The average molecular weight is 243 g/mol. The summed E-state index contributed by atoms with van der Waals surface area (Å²) in [7, 11) is 1.65. The van der Waals surface area contributed by atoms with Gasteiger partial charge in [-0.25, -0.2) is 4.98 Å². The zero-order chi connectivity index (χ0) is 12.0. The molecule has 0 radical (unpaired) electrons. The van der Waals surface area contributed by atoms with E-state index in [1.54, 1.807) is 13.3 Å². The summed E-state index contributed by atoms with van der Waals surface area (Å²) in [6, 6.07) is 4.07. The molecule has 4 heteroatoms. The van der Waals surface area contributed by atoms with Crippen LogP contribution in [0.1, 0.15) is 20.3 Å². The van der Waals surface area contributed by atoms with Crippen molar-refractivity contribution in [2.45, 2.75) is 26.3 Å². The van der Waals surface area contributed by atoms with Crippen molar-refractivity contribution in [3.8, 4) is 5.75 Å². The summed E-state index contributed by atoms with van der Waals surface area (Å²) in [6.07, 6.45) is 2.67. The highest BCUT2D eigenvalue weighted by Gasteiger charge is 2.14. The number of rotatable bonds is 6. The molecule has 3 nitrogen and oxygen atoms in total. The van der Waals surface area contributed by atoms with E-state index < -0.39 is 0 Å². The molecule has 1 aromatic heterocycles. The molecule has 0 aromatic carbocycles. The number of methoxy groups -OCH3 is 1. The minimum Gasteiger partial charge on any atom is -0.493 e. The zero-order valence-corrected chi connectivity index (χ0v) is 10.8. The summed E-state index contributed by atoms with van der Waals surface area (Å²) < 4.78 is 5.25. The van der Waals surface area contributed by atoms with Crippen LogP contribution >= 0.6 is 11.6 Å². The average Bonchev–Trinajstić information content (AvgIpc) is 2.29. The van der Waals surface area contributed by atoms with Crippen molar-refractivity contribution in [1.82, 2.24) is 4.98 Å². The van der Waals surface area contributed by atoms with Crippen LogP contribution < -0.4 is 10.1 Å². The maximum absolute atomic E-state index is 5.79. The summed E-state index contributed by atoms with van der Waals surface area (Å²) in [4.78, 5) is 4.27. The fourth-order valence-electron chi connectivity index (χ4n) is 1.53. The predicted molar refractivity (Wildman–Crippen MR) is 68.4 cm³/mol. The number of hydrogen-bond donors (Lipinski definition) is 1. The number of nitrogens with one attached hydrogen (secondary N) is 1. The van der Waals surface area contributed by atoms with Crippen molar-refractivity contribution in [2.24, 2.45) is 5.92 Å². The monoisotopic (exact) mass is 242 g/mol. The van der Waals surface area contributed by atoms with Gasteiger partial charge in [-0.15, -0.1) is 11.6 Å². The topological polar surface area (TPSA) is 34.1 Å². The third-order valence-corrected chi connectivity index (χ3v) is 2.76. The van der Waals surface area contributed by atoms with Gasteiger partial charge in [0.1, 0.15) is 0 Å². The summed E-state index contributed by atoms with van der Waals surface area (Å²) in [5.74, 6) is 2.70. The highest BCUT2D eigenvalue weighted by atomic mass is 35.5. The second-order valence-electron chi connectivity index (χ2n) is 4.03. The Hall–Kier alpha value is -0.960. The summed E-state index contributed by atoms with van der Waals surface area (Å²) >= 11 is 5.79. The Balaban J connectivity index is 2.76. The van der Waals surface area contributed by atoms with Gasteiger partial charge in [0.15, 0.2) is 11.6 Å². The van der Waals surface area contributed by atoms with E-state index in [0.717, 1.165) is 18.0 Å². The van der Waals surface area contributed by atoms with Crippen LogP contribution in [0.5, 0.6) is 5.75 Å². The Morgan fingerprint density at radius 2 is 2.25 bits per heavy atom. The molecule has 1 heterocycles. The summed E-state index contributed by atoms with van der Waals surface area (Å²) in [5.41, 5.74) is 0. The van der Waals surface area contributed by atoms with Crippen molar-refractivity contribution in [2.75, 3.05) is 18.3 Å². The first-order valence-electron chi connectivity index (χ1n) is 5.50. The van der Waals surface area contributed by atoms with Gasteiger partial charge in [0, 0.05) is 18.1 Å². The van der Waals surface area contributed by atoms with Gasteiger partial charge in [-0.3, -0.25) is 0 Å². The molecule has 0 spiro atoms. The van der Waals surface area contributed by atoms with E-state index in [0.29, 0.717) is 17.8 Å². The van der Waals surface area contributed by atoms with Gasteiger partial charge in [-0.05, 0) is 24.5 Å². The molecule has 0 saturated carbocycles. The SMILES string of the molecule is COc1cccnc1NC(CCCl)C(C)C. The van der Waals surface area contributed by atoms with E-state index in [1.165, 1.54) is 0 Å².